The van der Waals surface area contributed by atoms with Crippen molar-refractivity contribution in [1.29, 1.82) is 0 Å². The van der Waals surface area contributed by atoms with Crippen molar-refractivity contribution < 1.29 is 17.7 Å². The van der Waals surface area contributed by atoms with Gasteiger partial charge in [0.2, 0.25) is 10.0 Å². The molecule has 4 rings (SSSR count). The molecular weight excluding hydrogens is 446 g/mol. The van der Waals surface area contributed by atoms with E-state index in [4.69, 9.17) is 4.52 Å². The van der Waals surface area contributed by atoms with Crippen molar-refractivity contribution in [2.75, 3.05) is 6.54 Å². The molecule has 1 N–H and O–H groups in total. The van der Waals surface area contributed by atoms with E-state index < -0.39 is 10.0 Å². The lowest BCUT2D eigenvalue weighted by molar-refractivity contribution is 0.0905. The molecular formula is C19H22BrN3O4S. The first kappa shape index (κ1) is 19.6. The van der Waals surface area contributed by atoms with Crippen LogP contribution in [0.4, 0.5) is 0 Å². The molecule has 2 fully saturated rings. The lowest BCUT2D eigenvalue weighted by Gasteiger charge is -2.36. The van der Waals surface area contributed by atoms with E-state index in [9.17, 15) is 13.2 Å². The molecule has 0 unspecified atom stereocenters. The smallest absolute Gasteiger partial charge is 0.273 e. The van der Waals surface area contributed by atoms with Gasteiger partial charge in [-0.3, -0.25) is 4.79 Å². The number of nitrogens with zero attached hydrogens (tertiary/aromatic N) is 2. The van der Waals surface area contributed by atoms with Crippen molar-refractivity contribution in [2.24, 2.45) is 0 Å². The van der Waals surface area contributed by atoms with Crippen LogP contribution >= 0.6 is 15.9 Å². The molecule has 9 heteroatoms. The average molecular weight is 468 g/mol. The Morgan fingerprint density at radius 3 is 2.61 bits per heavy atom. The van der Waals surface area contributed by atoms with Gasteiger partial charge in [-0.15, -0.1) is 0 Å². The predicted octanol–water partition coefficient (Wildman–Crippen LogP) is 3.29. The first-order valence-electron chi connectivity index (χ1n) is 9.39. The Balaban J connectivity index is 1.39. The molecule has 1 aromatic heterocycles. The van der Waals surface area contributed by atoms with Gasteiger partial charge in [0.1, 0.15) is 5.76 Å². The predicted molar refractivity (Wildman–Crippen MR) is 106 cm³/mol. The Hall–Kier alpha value is -1.71. The molecule has 1 saturated heterocycles. The van der Waals surface area contributed by atoms with Crippen LogP contribution < -0.4 is 5.32 Å². The zero-order valence-electron chi connectivity index (χ0n) is 15.5. The van der Waals surface area contributed by atoms with Gasteiger partial charge in [-0.25, -0.2) is 8.42 Å². The second kappa shape index (κ2) is 7.61. The molecule has 1 aliphatic carbocycles. The number of amides is 1. The maximum absolute atomic E-state index is 12.9. The van der Waals surface area contributed by atoms with Gasteiger partial charge < -0.3 is 9.84 Å². The van der Waals surface area contributed by atoms with Crippen LogP contribution in [0.2, 0.25) is 0 Å². The number of benzene rings is 1. The van der Waals surface area contributed by atoms with Crippen LogP contribution in [-0.2, 0) is 10.0 Å². The fraction of sp³-hybridized carbons (Fsp3) is 0.474. The lowest BCUT2D eigenvalue weighted by atomic mass is 10.0. The summed E-state index contributed by atoms with van der Waals surface area (Å²) in [5.74, 6) is 0.909. The first-order chi connectivity index (χ1) is 13.3. The Morgan fingerprint density at radius 2 is 1.96 bits per heavy atom. The van der Waals surface area contributed by atoms with E-state index in [2.05, 4.69) is 26.4 Å². The van der Waals surface area contributed by atoms with Gasteiger partial charge >= 0.3 is 0 Å². The van der Waals surface area contributed by atoms with E-state index in [1.54, 1.807) is 30.3 Å². The summed E-state index contributed by atoms with van der Waals surface area (Å²) in [5, 5.41) is 6.83. The summed E-state index contributed by atoms with van der Waals surface area (Å²) in [5.41, 5.74) is 0.291. The third kappa shape index (κ3) is 4.01. The number of rotatable bonds is 5. The summed E-state index contributed by atoms with van der Waals surface area (Å²) in [6.45, 7) is 2.23. The maximum atomic E-state index is 12.9. The van der Waals surface area contributed by atoms with Crippen molar-refractivity contribution in [3.8, 4) is 0 Å². The molecule has 2 heterocycles. The second-order valence-corrected chi connectivity index (χ2v) is 10.3. The van der Waals surface area contributed by atoms with E-state index in [-0.39, 0.29) is 22.9 Å². The molecule has 2 aliphatic rings. The summed E-state index contributed by atoms with van der Waals surface area (Å²) >= 11 is 3.32. The highest BCUT2D eigenvalue weighted by molar-refractivity contribution is 9.10. The van der Waals surface area contributed by atoms with E-state index in [0.717, 1.165) is 23.1 Å². The van der Waals surface area contributed by atoms with Gasteiger partial charge in [-0.1, -0.05) is 21.1 Å². The summed E-state index contributed by atoms with van der Waals surface area (Å²) in [6, 6.07) is 8.04. The molecule has 0 bridgehead atoms. The van der Waals surface area contributed by atoms with E-state index in [1.807, 2.05) is 6.92 Å². The highest BCUT2D eigenvalue weighted by atomic mass is 79.9. The molecule has 1 aromatic carbocycles. The van der Waals surface area contributed by atoms with Crippen molar-refractivity contribution in [1.82, 2.24) is 14.8 Å². The Bertz CT molecular complexity index is 969. The summed E-state index contributed by atoms with van der Waals surface area (Å²) in [7, 11) is -3.56. The number of nitrogens with one attached hydrogen (secondary N) is 1. The minimum absolute atomic E-state index is 0.0973. The molecule has 2 atom stereocenters. The fourth-order valence-electron chi connectivity index (χ4n) is 3.60. The van der Waals surface area contributed by atoms with Crippen LogP contribution in [0.5, 0.6) is 0 Å². The monoisotopic (exact) mass is 467 g/mol. The fourth-order valence-corrected chi connectivity index (χ4v) is 5.52. The number of aromatic nitrogens is 1. The lowest BCUT2D eigenvalue weighted by Crippen LogP contribution is -2.50. The number of halogens is 1. The van der Waals surface area contributed by atoms with Crippen LogP contribution in [-0.4, -0.2) is 42.4 Å². The zero-order chi connectivity index (χ0) is 19.9. The first-order valence-corrected chi connectivity index (χ1v) is 11.6. The number of carbonyl (C=O) groups excluding carboxylic acids is 1. The van der Waals surface area contributed by atoms with Gasteiger partial charge in [0.25, 0.3) is 5.91 Å². The van der Waals surface area contributed by atoms with Crippen LogP contribution in [0.25, 0.3) is 0 Å². The van der Waals surface area contributed by atoms with Crippen LogP contribution in [0, 0.1) is 0 Å². The standard InChI is InChI=1S/C19H22BrN3O4S/c1-12-10-15(21-19(24)17-11-18(27-22-17)13-2-3-13)8-9-23(12)28(25,26)16-6-4-14(20)5-7-16/h4-7,11-13,15H,2-3,8-10H2,1H3,(H,21,24)/t12-,15-/m0/s1. The molecule has 0 radical (unpaired) electrons. The summed E-state index contributed by atoms with van der Waals surface area (Å²) in [6.07, 6.45) is 3.27. The third-order valence-electron chi connectivity index (χ3n) is 5.31. The SMILES string of the molecule is C[C@H]1C[C@@H](NC(=O)c2cc(C3CC3)on2)CCN1S(=O)(=O)c1ccc(Br)cc1. The summed E-state index contributed by atoms with van der Waals surface area (Å²) < 4.78 is 33.4. The molecule has 1 aliphatic heterocycles. The highest BCUT2D eigenvalue weighted by Gasteiger charge is 2.35. The molecule has 1 saturated carbocycles. The van der Waals surface area contributed by atoms with Crippen molar-refractivity contribution in [2.45, 2.75) is 55.5 Å². The van der Waals surface area contributed by atoms with Crippen LogP contribution in [0.3, 0.4) is 0 Å². The molecule has 0 spiro atoms. The third-order valence-corrected chi connectivity index (χ3v) is 7.87. The number of carbonyl (C=O) groups is 1. The Morgan fingerprint density at radius 1 is 1.25 bits per heavy atom. The number of hydrogen-bond acceptors (Lipinski definition) is 5. The molecule has 2 aromatic rings. The van der Waals surface area contributed by atoms with Gasteiger partial charge in [0.05, 0.1) is 4.90 Å². The van der Waals surface area contributed by atoms with Crippen LogP contribution in [0.15, 0.2) is 44.2 Å². The van der Waals surface area contributed by atoms with E-state index in [1.165, 1.54) is 4.31 Å². The van der Waals surface area contributed by atoms with Crippen molar-refractivity contribution in [3.05, 3.63) is 46.3 Å². The average Bonchev–Trinajstić information content (AvgIpc) is 3.38. The van der Waals surface area contributed by atoms with Gasteiger partial charge in [0.15, 0.2) is 5.69 Å². The largest absolute Gasteiger partial charge is 0.360 e. The highest BCUT2D eigenvalue weighted by Crippen LogP contribution is 2.40. The normalized spacial score (nSPS) is 23.5. The Kier molecular flexibility index (Phi) is 5.32. The van der Waals surface area contributed by atoms with Gasteiger partial charge in [-0.2, -0.15) is 4.31 Å². The molecule has 7 nitrogen and oxygen atoms in total. The molecule has 1 amide bonds. The van der Waals surface area contributed by atoms with Gasteiger partial charge in [-0.05, 0) is 56.9 Å². The summed E-state index contributed by atoms with van der Waals surface area (Å²) in [4.78, 5) is 12.7. The number of piperidine rings is 1. The molecule has 28 heavy (non-hydrogen) atoms. The zero-order valence-corrected chi connectivity index (χ0v) is 17.9. The number of sulfonamides is 1. The Labute approximate surface area is 172 Å². The van der Waals surface area contributed by atoms with Crippen molar-refractivity contribution >= 4 is 31.9 Å². The second-order valence-electron chi connectivity index (χ2n) is 7.50. The van der Waals surface area contributed by atoms with Crippen LogP contribution in [0.1, 0.15) is 54.8 Å². The van der Waals surface area contributed by atoms with Gasteiger partial charge in [0, 0.05) is 35.1 Å². The van der Waals surface area contributed by atoms with E-state index in [0.29, 0.717) is 31.0 Å². The van der Waals surface area contributed by atoms with E-state index >= 15 is 0 Å². The minimum Gasteiger partial charge on any atom is -0.360 e. The van der Waals surface area contributed by atoms with Crippen molar-refractivity contribution in [3.63, 3.8) is 0 Å². The maximum Gasteiger partial charge on any atom is 0.273 e. The topological polar surface area (TPSA) is 92.5 Å². The quantitative estimate of drug-likeness (QED) is 0.727. The number of hydrogen-bond donors (Lipinski definition) is 1. The minimum atomic E-state index is -3.56. The molecule has 150 valence electrons.